The van der Waals surface area contributed by atoms with Crippen LogP contribution < -0.4 is 10.2 Å². The Morgan fingerprint density at radius 2 is 1.53 bits per heavy atom. The third-order valence-electron chi connectivity index (χ3n) is 5.57. The molecule has 3 aromatic rings. The van der Waals surface area contributed by atoms with Crippen LogP contribution in [0.3, 0.4) is 0 Å². The number of benzene rings is 3. The molecule has 1 aliphatic heterocycles. The van der Waals surface area contributed by atoms with Crippen molar-refractivity contribution in [1.82, 2.24) is 4.90 Å². The van der Waals surface area contributed by atoms with E-state index in [0.717, 1.165) is 11.3 Å². The first-order valence-electron chi connectivity index (χ1n) is 10.4. The summed E-state index contributed by atoms with van der Waals surface area (Å²) in [4.78, 5) is 29.2. The van der Waals surface area contributed by atoms with Crippen molar-refractivity contribution in [2.24, 2.45) is 0 Å². The van der Waals surface area contributed by atoms with Gasteiger partial charge in [-0.3, -0.25) is 9.59 Å². The molecule has 1 saturated heterocycles. The summed E-state index contributed by atoms with van der Waals surface area (Å²) < 4.78 is 0. The Morgan fingerprint density at radius 3 is 2.19 bits per heavy atom. The second-order valence-electron chi connectivity index (χ2n) is 7.73. The van der Waals surface area contributed by atoms with Gasteiger partial charge in [0.05, 0.1) is 10.7 Å². The first-order valence-corrected chi connectivity index (χ1v) is 11.1. The standard InChI is InChI=1S/C25H23Cl2N3O2/c1-17-7-8-19(15-21(17)26)24(31)28-20-9-10-23(22(27)16-20)29-11-13-30(14-12-29)25(32)18-5-3-2-4-6-18/h2-10,15-16H,11-14H2,1H3,(H,28,31). The zero-order chi connectivity index (χ0) is 22.7. The summed E-state index contributed by atoms with van der Waals surface area (Å²) >= 11 is 12.7. The van der Waals surface area contributed by atoms with Crippen LogP contribution in [0.1, 0.15) is 26.3 Å². The molecule has 32 heavy (non-hydrogen) atoms. The van der Waals surface area contributed by atoms with Gasteiger partial charge in [-0.1, -0.05) is 47.5 Å². The van der Waals surface area contributed by atoms with Gasteiger partial charge in [0.1, 0.15) is 0 Å². The smallest absolute Gasteiger partial charge is 0.255 e. The van der Waals surface area contributed by atoms with E-state index in [1.165, 1.54) is 0 Å². The van der Waals surface area contributed by atoms with Crippen molar-refractivity contribution < 1.29 is 9.59 Å². The summed E-state index contributed by atoms with van der Waals surface area (Å²) in [5.74, 6) is -0.200. The predicted octanol–water partition coefficient (Wildman–Crippen LogP) is 5.52. The molecule has 5 nitrogen and oxygen atoms in total. The summed E-state index contributed by atoms with van der Waals surface area (Å²) in [5, 5.41) is 3.96. The number of anilines is 2. The van der Waals surface area contributed by atoms with Crippen LogP contribution in [-0.2, 0) is 0 Å². The highest BCUT2D eigenvalue weighted by molar-refractivity contribution is 6.33. The molecule has 0 spiro atoms. The Balaban J connectivity index is 1.39. The topological polar surface area (TPSA) is 52.7 Å². The van der Waals surface area contributed by atoms with Crippen LogP contribution in [0.25, 0.3) is 0 Å². The fourth-order valence-electron chi connectivity index (χ4n) is 3.69. The molecule has 0 bridgehead atoms. The quantitative estimate of drug-likeness (QED) is 0.549. The van der Waals surface area contributed by atoms with E-state index in [2.05, 4.69) is 10.2 Å². The molecule has 7 heteroatoms. The highest BCUT2D eigenvalue weighted by atomic mass is 35.5. The number of piperazine rings is 1. The van der Waals surface area contributed by atoms with Gasteiger partial charge in [0.15, 0.2) is 0 Å². The monoisotopic (exact) mass is 467 g/mol. The maximum atomic E-state index is 12.6. The highest BCUT2D eigenvalue weighted by Gasteiger charge is 2.23. The van der Waals surface area contributed by atoms with E-state index in [4.69, 9.17) is 23.2 Å². The van der Waals surface area contributed by atoms with Crippen molar-refractivity contribution in [3.05, 3.63) is 93.5 Å². The minimum Gasteiger partial charge on any atom is -0.367 e. The van der Waals surface area contributed by atoms with Crippen molar-refractivity contribution in [3.63, 3.8) is 0 Å². The summed E-state index contributed by atoms with van der Waals surface area (Å²) in [6.45, 7) is 4.51. The number of aryl methyl sites for hydroxylation is 1. The molecule has 0 aliphatic carbocycles. The number of nitrogens with one attached hydrogen (secondary N) is 1. The lowest BCUT2D eigenvalue weighted by Gasteiger charge is -2.36. The van der Waals surface area contributed by atoms with Crippen LogP contribution >= 0.6 is 23.2 Å². The van der Waals surface area contributed by atoms with Crippen molar-refractivity contribution >= 4 is 46.4 Å². The van der Waals surface area contributed by atoms with Crippen LogP contribution in [0.5, 0.6) is 0 Å². The zero-order valence-electron chi connectivity index (χ0n) is 17.6. The van der Waals surface area contributed by atoms with Gasteiger partial charge in [0, 0.05) is 48.0 Å². The maximum absolute atomic E-state index is 12.6. The largest absolute Gasteiger partial charge is 0.367 e. The molecule has 0 radical (unpaired) electrons. The van der Waals surface area contributed by atoms with Crippen LogP contribution in [0.15, 0.2) is 66.7 Å². The molecule has 3 aromatic carbocycles. The summed E-state index contributed by atoms with van der Waals surface area (Å²) in [7, 11) is 0. The molecule has 164 valence electrons. The Labute approximate surface area is 197 Å². The average molecular weight is 468 g/mol. The number of nitrogens with zero attached hydrogens (tertiary/aromatic N) is 2. The highest BCUT2D eigenvalue weighted by Crippen LogP contribution is 2.30. The van der Waals surface area contributed by atoms with Crippen molar-refractivity contribution in [1.29, 1.82) is 0 Å². The lowest BCUT2D eigenvalue weighted by Crippen LogP contribution is -2.48. The predicted molar refractivity (Wildman–Crippen MR) is 130 cm³/mol. The van der Waals surface area contributed by atoms with Crippen LogP contribution in [0.2, 0.25) is 10.0 Å². The van der Waals surface area contributed by atoms with Gasteiger partial charge >= 0.3 is 0 Å². The number of hydrogen-bond acceptors (Lipinski definition) is 3. The zero-order valence-corrected chi connectivity index (χ0v) is 19.2. The van der Waals surface area contributed by atoms with Crippen LogP contribution in [0.4, 0.5) is 11.4 Å². The number of rotatable bonds is 4. The minimum absolute atomic E-state index is 0.0469. The summed E-state index contributed by atoms with van der Waals surface area (Å²) in [6.07, 6.45) is 0. The molecule has 0 saturated carbocycles. The Kier molecular flexibility index (Phi) is 6.68. The minimum atomic E-state index is -0.247. The van der Waals surface area contributed by atoms with E-state index in [9.17, 15) is 9.59 Å². The SMILES string of the molecule is Cc1ccc(C(=O)Nc2ccc(N3CCN(C(=O)c4ccccc4)CC3)c(Cl)c2)cc1Cl. The number of hydrogen-bond donors (Lipinski definition) is 1. The van der Waals surface area contributed by atoms with E-state index in [0.29, 0.717) is 53.0 Å². The van der Waals surface area contributed by atoms with Crippen LogP contribution in [-0.4, -0.2) is 42.9 Å². The molecule has 0 unspecified atom stereocenters. The number of carbonyl (C=O) groups excluding carboxylic acids is 2. The fourth-order valence-corrected chi connectivity index (χ4v) is 4.17. The number of carbonyl (C=O) groups is 2. The fraction of sp³-hybridized carbons (Fsp3) is 0.200. The molecule has 1 fully saturated rings. The summed E-state index contributed by atoms with van der Waals surface area (Å²) in [6, 6.07) is 20.0. The van der Waals surface area contributed by atoms with E-state index in [1.807, 2.05) is 60.4 Å². The van der Waals surface area contributed by atoms with Gasteiger partial charge in [-0.2, -0.15) is 0 Å². The molecule has 1 aliphatic rings. The first kappa shape index (κ1) is 22.2. The van der Waals surface area contributed by atoms with Crippen molar-refractivity contribution in [2.75, 3.05) is 36.4 Å². The second-order valence-corrected chi connectivity index (χ2v) is 8.54. The van der Waals surface area contributed by atoms with Crippen molar-refractivity contribution in [3.8, 4) is 0 Å². The summed E-state index contributed by atoms with van der Waals surface area (Å²) in [5.41, 5.74) is 3.60. The molecule has 1 N–H and O–H groups in total. The third kappa shape index (κ3) is 4.90. The molecule has 4 rings (SSSR count). The first-order chi connectivity index (χ1) is 15.4. The molecular formula is C25H23Cl2N3O2. The van der Waals surface area contributed by atoms with Gasteiger partial charge in [0.25, 0.3) is 11.8 Å². The number of amides is 2. The van der Waals surface area contributed by atoms with Crippen molar-refractivity contribution in [2.45, 2.75) is 6.92 Å². The Morgan fingerprint density at radius 1 is 0.812 bits per heavy atom. The maximum Gasteiger partial charge on any atom is 0.255 e. The lowest BCUT2D eigenvalue weighted by molar-refractivity contribution is 0.0746. The average Bonchev–Trinajstić information content (AvgIpc) is 2.81. The molecule has 1 heterocycles. The van der Waals surface area contributed by atoms with E-state index in [-0.39, 0.29) is 11.8 Å². The lowest BCUT2D eigenvalue weighted by atomic mass is 10.1. The Hall–Kier alpha value is -3.02. The van der Waals surface area contributed by atoms with Gasteiger partial charge in [-0.15, -0.1) is 0 Å². The van der Waals surface area contributed by atoms with E-state index >= 15 is 0 Å². The van der Waals surface area contributed by atoms with Gasteiger partial charge < -0.3 is 15.1 Å². The van der Waals surface area contributed by atoms with Gasteiger partial charge in [-0.05, 0) is 55.0 Å². The van der Waals surface area contributed by atoms with Crippen LogP contribution in [0, 0.1) is 6.92 Å². The van der Waals surface area contributed by atoms with Gasteiger partial charge in [0.2, 0.25) is 0 Å². The van der Waals surface area contributed by atoms with E-state index < -0.39 is 0 Å². The molecule has 2 amide bonds. The van der Waals surface area contributed by atoms with Gasteiger partial charge in [-0.25, -0.2) is 0 Å². The molecule has 0 aromatic heterocycles. The normalized spacial score (nSPS) is 13.7. The third-order valence-corrected chi connectivity index (χ3v) is 6.28. The molecule has 0 atom stereocenters. The Bertz CT molecular complexity index is 1140. The van der Waals surface area contributed by atoms with E-state index in [1.54, 1.807) is 18.2 Å². The second kappa shape index (κ2) is 9.63. The number of halogens is 2. The molecular weight excluding hydrogens is 445 g/mol.